The number of hydrogen-bond acceptors (Lipinski definition) is 3. The molecule has 0 aliphatic heterocycles. The van der Waals surface area contributed by atoms with Crippen molar-refractivity contribution in [2.24, 2.45) is 0 Å². The highest BCUT2D eigenvalue weighted by Gasteiger charge is 2.41. The molecular formula is C11H14F4N2O. The van der Waals surface area contributed by atoms with Gasteiger partial charge < -0.3 is 10.1 Å². The summed E-state index contributed by atoms with van der Waals surface area (Å²) in [6, 6.07) is 4.51. The largest absolute Gasteiger partial charge is 0.471 e. The second-order valence-corrected chi connectivity index (χ2v) is 3.64. The Balaban J connectivity index is 2.57. The third-order valence-electron chi connectivity index (χ3n) is 2.01. The number of alkyl halides is 4. The van der Waals surface area contributed by atoms with Crippen LogP contribution in [0, 0.1) is 0 Å². The van der Waals surface area contributed by atoms with Gasteiger partial charge >= 0.3 is 12.3 Å². The van der Waals surface area contributed by atoms with Crippen molar-refractivity contribution in [1.29, 1.82) is 0 Å². The molecule has 1 heterocycles. The first kappa shape index (κ1) is 14.5. The minimum Gasteiger partial charge on any atom is -0.471 e. The second kappa shape index (κ2) is 6.42. The molecule has 1 aromatic rings. The van der Waals surface area contributed by atoms with Gasteiger partial charge in [-0.2, -0.15) is 13.8 Å². The van der Waals surface area contributed by atoms with E-state index in [1.54, 1.807) is 12.1 Å². The van der Waals surface area contributed by atoms with Gasteiger partial charge in [0.1, 0.15) is 5.82 Å². The summed E-state index contributed by atoms with van der Waals surface area (Å²) in [6.07, 6.45) is -2.88. The van der Waals surface area contributed by atoms with Gasteiger partial charge in [0.25, 0.3) is 0 Å². The fourth-order valence-electron chi connectivity index (χ4n) is 1.08. The van der Waals surface area contributed by atoms with E-state index in [2.05, 4.69) is 15.0 Å². The van der Waals surface area contributed by atoms with Crippen LogP contribution in [0.4, 0.5) is 23.4 Å². The Kier molecular flexibility index (Phi) is 5.18. The summed E-state index contributed by atoms with van der Waals surface area (Å²) in [6.45, 7) is 1.23. The van der Waals surface area contributed by atoms with Crippen molar-refractivity contribution < 1.29 is 22.3 Å². The third-order valence-corrected chi connectivity index (χ3v) is 2.01. The maximum atomic E-state index is 12.6. The van der Waals surface area contributed by atoms with E-state index in [0.29, 0.717) is 12.4 Å². The number of ether oxygens (including phenoxy) is 1. The van der Waals surface area contributed by atoms with Crippen LogP contribution < -0.4 is 10.1 Å². The van der Waals surface area contributed by atoms with E-state index in [4.69, 9.17) is 0 Å². The lowest BCUT2D eigenvalue weighted by Crippen LogP contribution is -2.33. The standard InChI is InChI=1S/C11H14F4N2O/c1-2-6-16-8-4-3-5-9(17-8)18-7-11(14,15)10(12)13/h3-5,10H,2,6-7H2,1H3,(H,16,17). The molecule has 1 aromatic heterocycles. The summed E-state index contributed by atoms with van der Waals surface area (Å²) < 4.78 is 53.6. The minimum absolute atomic E-state index is 0.114. The van der Waals surface area contributed by atoms with Gasteiger partial charge in [0.2, 0.25) is 5.88 Å². The zero-order valence-electron chi connectivity index (χ0n) is 9.80. The molecule has 0 amide bonds. The Morgan fingerprint density at radius 2 is 2.11 bits per heavy atom. The molecule has 18 heavy (non-hydrogen) atoms. The van der Waals surface area contributed by atoms with Gasteiger partial charge in [0, 0.05) is 12.6 Å². The Morgan fingerprint density at radius 3 is 2.72 bits per heavy atom. The topological polar surface area (TPSA) is 34.1 Å². The number of halogens is 4. The Labute approximate surface area is 102 Å². The van der Waals surface area contributed by atoms with Crippen LogP contribution in [-0.4, -0.2) is 30.5 Å². The first-order valence-electron chi connectivity index (χ1n) is 5.45. The number of rotatable bonds is 7. The molecule has 7 heteroatoms. The molecular weight excluding hydrogens is 252 g/mol. The molecule has 0 aromatic carbocycles. The molecule has 0 aliphatic carbocycles. The maximum Gasteiger partial charge on any atom is 0.340 e. The number of anilines is 1. The molecule has 0 fully saturated rings. The van der Waals surface area contributed by atoms with E-state index >= 15 is 0 Å². The van der Waals surface area contributed by atoms with E-state index in [0.717, 1.165) is 6.42 Å². The van der Waals surface area contributed by atoms with Crippen LogP contribution in [0.2, 0.25) is 0 Å². The Bertz CT molecular complexity index is 374. The molecule has 0 aliphatic rings. The van der Waals surface area contributed by atoms with Crippen molar-refractivity contribution in [3.8, 4) is 5.88 Å². The average Bonchev–Trinajstić information content (AvgIpc) is 2.34. The van der Waals surface area contributed by atoms with Crippen molar-refractivity contribution in [2.45, 2.75) is 25.7 Å². The van der Waals surface area contributed by atoms with Crippen LogP contribution in [-0.2, 0) is 0 Å². The minimum atomic E-state index is -4.17. The number of hydrogen-bond donors (Lipinski definition) is 1. The lowest BCUT2D eigenvalue weighted by molar-refractivity contribution is -0.148. The average molecular weight is 266 g/mol. The van der Waals surface area contributed by atoms with Gasteiger partial charge in [-0.3, -0.25) is 0 Å². The van der Waals surface area contributed by atoms with Crippen LogP contribution in [0.15, 0.2) is 18.2 Å². The maximum absolute atomic E-state index is 12.6. The van der Waals surface area contributed by atoms with E-state index in [1.165, 1.54) is 6.07 Å². The van der Waals surface area contributed by atoms with Crippen LogP contribution in [0.1, 0.15) is 13.3 Å². The summed E-state index contributed by atoms with van der Waals surface area (Å²) in [7, 11) is 0. The molecule has 102 valence electrons. The van der Waals surface area contributed by atoms with Gasteiger partial charge in [-0.05, 0) is 12.5 Å². The van der Waals surface area contributed by atoms with E-state index in [-0.39, 0.29) is 5.88 Å². The van der Waals surface area contributed by atoms with Gasteiger partial charge in [-0.1, -0.05) is 13.0 Å². The molecule has 1 N–H and O–H groups in total. The van der Waals surface area contributed by atoms with E-state index in [1.807, 2.05) is 6.92 Å². The van der Waals surface area contributed by atoms with Crippen LogP contribution in [0.3, 0.4) is 0 Å². The van der Waals surface area contributed by atoms with Crippen LogP contribution >= 0.6 is 0 Å². The molecule has 0 unspecified atom stereocenters. The smallest absolute Gasteiger partial charge is 0.340 e. The SMILES string of the molecule is CCCNc1cccc(OCC(F)(F)C(F)F)n1. The monoisotopic (exact) mass is 266 g/mol. The van der Waals surface area contributed by atoms with Gasteiger partial charge in [0.15, 0.2) is 6.61 Å². The number of nitrogens with zero attached hydrogens (tertiary/aromatic N) is 1. The third kappa shape index (κ3) is 4.38. The fraction of sp³-hybridized carbons (Fsp3) is 0.545. The molecule has 3 nitrogen and oxygen atoms in total. The van der Waals surface area contributed by atoms with Crippen molar-refractivity contribution in [2.75, 3.05) is 18.5 Å². The number of nitrogens with one attached hydrogen (secondary N) is 1. The zero-order chi connectivity index (χ0) is 13.6. The Morgan fingerprint density at radius 1 is 1.39 bits per heavy atom. The van der Waals surface area contributed by atoms with Crippen molar-refractivity contribution in [1.82, 2.24) is 4.98 Å². The van der Waals surface area contributed by atoms with Gasteiger partial charge in [0.05, 0.1) is 0 Å². The lowest BCUT2D eigenvalue weighted by Gasteiger charge is -2.15. The van der Waals surface area contributed by atoms with Gasteiger partial charge in [-0.25, -0.2) is 8.78 Å². The van der Waals surface area contributed by atoms with E-state index in [9.17, 15) is 17.6 Å². The summed E-state index contributed by atoms with van der Waals surface area (Å²) >= 11 is 0. The van der Waals surface area contributed by atoms with Crippen molar-refractivity contribution >= 4 is 5.82 Å². The molecule has 0 radical (unpaired) electrons. The van der Waals surface area contributed by atoms with Crippen molar-refractivity contribution in [3.05, 3.63) is 18.2 Å². The fourth-order valence-corrected chi connectivity index (χ4v) is 1.08. The van der Waals surface area contributed by atoms with E-state index < -0.39 is 19.0 Å². The summed E-state index contributed by atoms with van der Waals surface area (Å²) in [5.41, 5.74) is 0. The predicted octanol–water partition coefficient (Wildman–Crippen LogP) is 3.18. The summed E-state index contributed by atoms with van der Waals surface area (Å²) in [4.78, 5) is 3.86. The lowest BCUT2D eigenvalue weighted by atomic mass is 10.4. The molecule has 0 saturated carbocycles. The molecule has 0 bridgehead atoms. The summed E-state index contributed by atoms with van der Waals surface area (Å²) in [5.74, 6) is -3.83. The second-order valence-electron chi connectivity index (χ2n) is 3.64. The van der Waals surface area contributed by atoms with Crippen LogP contribution in [0.25, 0.3) is 0 Å². The summed E-state index contributed by atoms with van der Waals surface area (Å²) in [5, 5.41) is 2.93. The first-order chi connectivity index (χ1) is 8.45. The first-order valence-corrected chi connectivity index (χ1v) is 5.45. The zero-order valence-corrected chi connectivity index (χ0v) is 9.80. The van der Waals surface area contributed by atoms with Gasteiger partial charge in [-0.15, -0.1) is 0 Å². The molecule has 0 spiro atoms. The molecule has 0 atom stereocenters. The molecule has 0 saturated heterocycles. The highest BCUT2D eigenvalue weighted by molar-refractivity contribution is 5.36. The number of aromatic nitrogens is 1. The predicted molar refractivity (Wildman–Crippen MR) is 59.5 cm³/mol. The normalized spacial score (nSPS) is 11.7. The quantitative estimate of drug-likeness (QED) is 0.770. The van der Waals surface area contributed by atoms with Crippen molar-refractivity contribution in [3.63, 3.8) is 0 Å². The number of pyridine rings is 1. The highest BCUT2D eigenvalue weighted by atomic mass is 19.3. The van der Waals surface area contributed by atoms with Crippen LogP contribution in [0.5, 0.6) is 5.88 Å². The Hall–Kier alpha value is -1.53. The highest BCUT2D eigenvalue weighted by Crippen LogP contribution is 2.24. The molecule has 1 rings (SSSR count).